The van der Waals surface area contributed by atoms with Crippen LogP contribution in [0.2, 0.25) is 0 Å². The van der Waals surface area contributed by atoms with Crippen LogP contribution in [0.1, 0.15) is 56.2 Å². The first kappa shape index (κ1) is 30.2. The van der Waals surface area contributed by atoms with Crippen LogP contribution in [0.4, 0.5) is 4.39 Å². The predicted molar refractivity (Wildman–Crippen MR) is 149 cm³/mol. The van der Waals surface area contributed by atoms with E-state index < -0.39 is 18.0 Å². The maximum atomic E-state index is 14.4. The maximum Gasteiger partial charge on any atom is 0.222 e. The van der Waals surface area contributed by atoms with Crippen molar-refractivity contribution < 1.29 is 23.8 Å². The number of nitrogens with zero attached hydrogens (tertiary/aromatic N) is 2. The minimum absolute atomic E-state index is 0.00400. The first-order valence-corrected chi connectivity index (χ1v) is 13.8. The van der Waals surface area contributed by atoms with Crippen molar-refractivity contribution >= 4 is 11.8 Å². The molecule has 1 aliphatic heterocycles. The number of hydrogen-bond acceptors (Lipinski definition) is 6. The van der Waals surface area contributed by atoms with Gasteiger partial charge in [-0.1, -0.05) is 26.0 Å². The normalized spacial score (nSPS) is 19.1. The Kier molecular flexibility index (Phi) is 12.4. The molecule has 2 unspecified atom stereocenters. The second-order valence-corrected chi connectivity index (χ2v) is 9.90. The summed E-state index contributed by atoms with van der Waals surface area (Å²) in [5.74, 6) is -0.354. The number of carbonyl (C=O) groups is 2. The average molecular weight is 541 g/mol. The van der Waals surface area contributed by atoms with Gasteiger partial charge >= 0.3 is 0 Å². The van der Waals surface area contributed by atoms with Gasteiger partial charge in [-0.3, -0.25) is 14.6 Å². The molecule has 2 atom stereocenters. The number of fused-ring (bicyclic) bond motifs is 2. The van der Waals surface area contributed by atoms with E-state index in [9.17, 15) is 19.1 Å². The lowest BCUT2D eigenvalue weighted by Gasteiger charge is -2.25. The molecule has 1 aliphatic rings. The topological polar surface area (TPSA) is 104 Å². The molecule has 3 rings (SSSR count). The predicted octanol–water partition coefficient (Wildman–Crippen LogP) is 3.32. The van der Waals surface area contributed by atoms with Crippen LogP contribution in [0.25, 0.3) is 0 Å². The Labute approximate surface area is 230 Å². The molecule has 0 saturated carbocycles. The second-order valence-electron chi connectivity index (χ2n) is 9.90. The largest absolute Gasteiger partial charge is 0.489 e. The third kappa shape index (κ3) is 10.4. The van der Waals surface area contributed by atoms with E-state index in [0.717, 1.165) is 24.0 Å². The van der Waals surface area contributed by atoms with E-state index in [1.807, 2.05) is 25.3 Å². The molecule has 0 spiro atoms. The fourth-order valence-corrected chi connectivity index (χ4v) is 4.54. The number of aliphatic hydroxyl groups excluding tert-OH is 1. The lowest BCUT2D eigenvalue weighted by molar-refractivity contribution is -0.131. The first-order chi connectivity index (χ1) is 18.9. The minimum atomic E-state index is -0.935. The standard InChI is InChI=1S/C30H41FN4O4/c1-3-10-35-11-5-6-12-39-26-15-23(14-25(31)17-26)16-27(34-29(37)8-7-9-30(35)38)28(36)21-33-20-24-13-22(4-2)18-32-19-24/h5-6,13-15,17-19,27-28,33,36H,3-4,7-12,16,20-21H2,1-2H3,(H,34,37)/b6-5+. The molecule has 0 aliphatic carbocycles. The molecule has 2 bridgehead atoms. The van der Waals surface area contributed by atoms with Gasteiger partial charge in [0.1, 0.15) is 18.2 Å². The van der Waals surface area contributed by atoms with Gasteiger partial charge in [0.05, 0.1) is 12.1 Å². The highest BCUT2D eigenvalue weighted by Gasteiger charge is 2.23. The molecule has 0 radical (unpaired) electrons. The molecule has 0 fully saturated rings. The van der Waals surface area contributed by atoms with Crippen molar-refractivity contribution in [3.63, 3.8) is 0 Å². The Balaban J connectivity index is 1.73. The molecule has 212 valence electrons. The fraction of sp³-hybridized carbons (Fsp3) is 0.500. The zero-order valence-electron chi connectivity index (χ0n) is 23.0. The Morgan fingerprint density at radius 2 is 1.97 bits per heavy atom. The number of aromatic nitrogens is 1. The van der Waals surface area contributed by atoms with Crippen LogP contribution in [-0.2, 0) is 29.0 Å². The molecule has 1 aromatic carbocycles. The number of benzene rings is 1. The summed E-state index contributed by atoms with van der Waals surface area (Å²) < 4.78 is 20.1. The molecule has 8 nitrogen and oxygen atoms in total. The zero-order chi connectivity index (χ0) is 28.0. The van der Waals surface area contributed by atoms with Crippen molar-refractivity contribution in [1.29, 1.82) is 0 Å². The van der Waals surface area contributed by atoms with Crippen molar-refractivity contribution in [2.75, 3.05) is 26.2 Å². The lowest BCUT2D eigenvalue weighted by atomic mass is 10.00. The monoisotopic (exact) mass is 540 g/mol. The summed E-state index contributed by atoms with van der Waals surface area (Å²) in [5.41, 5.74) is 2.74. The first-order valence-electron chi connectivity index (χ1n) is 13.8. The van der Waals surface area contributed by atoms with Crippen molar-refractivity contribution in [3.8, 4) is 5.75 Å². The average Bonchev–Trinajstić information content (AvgIpc) is 2.91. The SMILES string of the molecule is CCCN1C/C=C/COc2cc(F)cc(c2)CC(C(O)CNCc2cncc(CC)c2)NC(=O)CCCC1=O. The molecule has 2 heterocycles. The number of aryl methyl sites for hydroxylation is 1. The van der Waals surface area contributed by atoms with Crippen molar-refractivity contribution in [3.05, 3.63) is 71.3 Å². The number of amides is 2. The molecular weight excluding hydrogens is 499 g/mol. The van der Waals surface area contributed by atoms with E-state index in [4.69, 9.17) is 4.74 Å². The van der Waals surface area contributed by atoms with E-state index in [2.05, 4.69) is 28.6 Å². The van der Waals surface area contributed by atoms with Gasteiger partial charge in [-0.15, -0.1) is 0 Å². The van der Waals surface area contributed by atoms with Gasteiger partial charge in [-0.2, -0.15) is 0 Å². The van der Waals surface area contributed by atoms with Crippen molar-refractivity contribution in [2.45, 2.75) is 71.1 Å². The van der Waals surface area contributed by atoms with Crippen molar-refractivity contribution in [2.24, 2.45) is 0 Å². The smallest absolute Gasteiger partial charge is 0.222 e. The number of nitrogens with one attached hydrogen (secondary N) is 2. The minimum Gasteiger partial charge on any atom is -0.489 e. The number of rotatable bonds is 8. The highest BCUT2D eigenvalue weighted by atomic mass is 19.1. The van der Waals surface area contributed by atoms with Gasteiger partial charge in [0.15, 0.2) is 0 Å². The van der Waals surface area contributed by atoms with Crippen LogP contribution >= 0.6 is 0 Å². The summed E-state index contributed by atoms with van der Waals surface area (Å²) in [7, 11) is 0. The number of hydrogen-bond donors (Lipinski definition) is 3. The van der Waals surface area contributed by atoms with Crippen LogP contribution in [0.3, 0.4) is 0 Å². The highest BCUT2D eigenvalue weighted by Crippen LogP contribution is 2.19. The third-order valence-corrected chi connectivity index (χ3v) is 6.62. The van der Waals surface area contributed by atoms with Crippen LogP contribution in [0.5, 0.6) is 5.75 Å². The molecule has 2 aromatic rings. The summed E-state index contributed by atoms with van der Waals surface area (Å²) in [6, 6.07) is 5.82. The Morgan fingerprint density at radius 1 is 1.15 bits per heavy atom. The van der Waals surface area contributed by atoms with Gasteiger partial charge in [0.25, 0.3) is 0 Å². The molecule has 39 heavy (non-hydrogen) atoms. The summed E-state index contributed by atoms with van der Waals surface area (Å²) >= 11 is 0. The molecule has 3 N–H and O–H groups in total. The Hall–Kier alpha value is -3.30. The number of carbonyl (C=O) groups excluding carboxylic acids is 2. The van der Waals surface area contributed by atoms with Gasteiger partial charge in [-0.05, 0) is 60.6 Å². The number of ether oxygens (including phenoxy) is 1. The fourth-order valence-electron chi connectivity index (χ4n) is 4.54. The van der Waals surface area contributed by atoms with Crippen molar-refractivity contribution in [1.82, 2.24) is 20.5 Å². The van der Waals surface area contributed by atoms with Gasteiger partial charge in [0.2, 0.25) is 11.8 Å². The molecule has 1 aromatic heterocycles. The summed E-state index contributed by atoms with van der Waals surface area (Å²) in [5, 5.41) is 17.2. The molecule has 0 saturated heterocycles. The third-order valence-electron chi connectivity index (χ3n) is 6.62. The van der Waals surface area contributed by atoms with Crippen LogP contribution in [0.15, 0.2) is 48.8 Å². The van der Waals surface area contributed by atoms with Crippen LogP contribution in [-0.4, -0.2) is 65.2 Å². The van der Waals surface area contributed by atoms with Gasteiger partial charge in [0, 0.05) is 57.5 Å². The molecule has 2 amide bonds. The molecule has 9 heteroatoms. The van der Waals surface area contributed by atoms with Crippen LogP contribution in [0, 0.1) is 5.82 Å². The van der Waals surface area contributed by atoms with Gasteiger partial charge in [-0.25, -0.2) is 4.39 Å². The van der Waals surface area contributed by atoms with E-state index in [0.29, 0.717) is 37.4 Å². The van der Waals surface area contributed by atoms with Crippen LogP contribution < -0.4 is 15.4 Å². The van der Waals surface area contributed by atoms with Gasteiger partial charge < -0.3 is 25.4 Å². The zero-order valence-corrected chi connectivity index (χ0v) is 23.0. The highest BCUT2D eigenvalue weighted by molar-refractivity contribution is 5.79. The van der Waals surface area contributed by atoms with E-state index in [-0.39, 0.29) is 44.2 Å². The Morgan fingerprint density at radius 3 is 2.77 bits per heavy atom. The summed E-state index contributed by atoms with van der Waals surface area (Å²) in [6.07, 6.45) is 9.12. The summed E-state index contributed by atoms with van der Waals surface area (Å²) in [4.78, 5) is 31.5. The maximum absolute atomic E-state index is 14.4. The number of aliphatic hydroxyl groups is 1. The number of halogens is 1. The number of pyridine rings is 1. The quantitative estimate of drug-likeness (QED) is 0.444. The molecular formula is C30H41FN4O4. The van der Waals surface area contributed by atoms with E-state index in [1.165, 1.54) is 12.1 Å². The second kappa shape index (κ2) is 16.0. The van der Waals surface area contributed by atoms with E-state index >= 15 is 0 Å². The summed E-state index contributed by atoms with van der Waals surface area (Å²) in [6.45, 7) is 6.13. The Bertz CT molecular complexity index is 1110. The lowest BCUT2D eigenvalue weighted by Crippen LogP contribution is -2.48. The van der Waals surface area contributed by atoms with E-state index in [1.54, 1.807) is 17.2 Å².